The van der Waals surface area contributed by atoms with Crippen molar-refractivity contribution >= 4 is 18.3 Å². The molecule has 0 radical (unpaired) electrons. The van der Waals surface area contributed by atoms with Crippen LogP contribution < -0.4 is 11.1 Å². The van der Waals surface area contributed by atoms with E-state index < -0.39 is 0 Å². The fraction of sp³-hybridized carbons (Fsp3) is 0.562. The zero-order valence-corrected chi connectivity index (χ0v) is 13.1. The summed E-state index contributed by atoms with van der Waals surface area (Å²) in [5.41, 5.74) is 7.36. The highest BCUT2D eigenvalue weighted by molar-refractivity contribution is 5.95. The Morgan fingerprint density at radius 1 is 1.29 bits per heavy atom. The molecule has 0 spiro atoms. The minimum absolute atomic E-state index is 0. The van der Waals surface area contributed by atoms with Crippen LogP contribution in [0, 0.1) is 0 Å². The maximum absolute atomic E-state index is 12.4. The van der Waals surface area contributed by atoms with E-state index in [-0.39, 0.29) is 31.0 Å². The summed E-state index contributed by atoms with van der Waals surface area (Å²) < 4.78 is 0. The van der Waals surface area contributed by atoms with Gasteiger partial charge < -0.3 is 16.2 Å². The van der Waals surface area contributed by atoms with Crippen molar-refractivity contribution in [3.63, 3.8) is 0 Å². The van der Waals surface area contributed by atoms with Crippen LogP contribution in [-0.2, 0) is 6.42 Å². The lowest BCUT2D eigenvalue weighted by Gasteiger charge is -2.23. The highest BCUT2D eigenvalue weighted by atomic mass is 35.5. The van der Waals surface area contributed by atoms with Gasteiger partial charge in [-0.05, 0) is 30.9 Å². The summed E-state index contributed by atoms with van der Waals surface area (Å²) >= 11 is 0. The Balaban J connectivity index is 0.00000220. The van der Waals surface area contributed by atoms with Gasteiger partial charge >= 0.3 is 0 Å². The molecule has 0 aromatic heterocycles. The van der Waals surface area contributed by atoms with E-state index in [1.807, 2.05) is 24.3 Å². The highest BCUT2D eigenvalue weighted by Gasteiger charge is 2.18. The molecule has 21 heavy (non-hydrogen) atoms. The zero-order valence-electron chi connectivity index (χ0n) is 12.3. The summed E-state index contributed by atoms with van der Waals surface area (Å²) in [4.78, 5) is 12.4. The van der Waals surface area contributed by atoms with E-state index in [1.165, 1.54) is 19.3 Å². The summed E-state index contributed by atoms with van der Waals surface area (Å²) in [6, 6.07) is 7.48. The maximum atomic E-state index is 12.4. The summed E-state index contributed by atoms with van der Waals surface area (Å²) in [6.07, 6.45) is 6.33. The Labute approximate surface area is 132 Å². The first-order valence-electron chi connectivity index (χ1n) is 7.46. The Morgan fingerprint density at radius 3 is 2.62 bits per heavy atom. The third-order valence-electron chi connectivity index (χ3n) is 3.92. The number of halogens is 1. The molecule has 0 bridgehead atoms. The molecule has 1 atom stereocenters. The number of benzene rings is 1. The molecule has 0 saturated heterocycles. The van der Waals surface area contributed by atoms with E-state index in [9.17, 15) is 4.79 Å². The predicted molar refractivity (Wildman–Crippen MR) is 86.8 cm³/mol. The molecule has 1 aromatic carbocycles. The molecule has 4 nitrogen and oxygen atoms in total. The topological polar surface area (TPSA) is 75.3 Å². The molecule has 0 unspecified atom stereocenters. The van der Waals surface area contributed by atoms with Crippen molar-refractivity contribution in [3.05, 3.63) is 35.4 Å². The summed E-state index contributed by atoms with van der Waals surface area (Å²) in [6.45, 7) is -0.0709. The number of rotatable bonds is 5. The van der Waals surface area contributed by atoms with E-state index in [2.05, 4.69) is 5.32 Å². The van der Waals surface area contributed by atoms with Gasteiger partial charge in [-0.3, -0.25) is 4.79 Å². The molecule has 0 heterocycles. The average Bonchev–Trinajstić information content (AvgIpc) is 2.48. The van der Waals surface area contributed by atoms with Gasteiger partial charge in [-0.1, -0.05) is 37.5 Å². The van der Waals surface area contributed by atoms with Gasteiger partial charge in [0.05, 0.1) is 6.61 Å². The Morgan fingerprint density at radius 2 is 1.95 bits per heavy atom. The number of nitrogens with two attached hydrogens (primary N) is 1. The number of hydrogen-bond donors (Lipinski definition) is 3. The second-order valence-electron chi connectivity index (χ2n) is 5.61. The Bertz CT molecular complexity index is 448. The third kappa shape index (κ3) is 5.30. The van der Waals surface area contributed by atoms with Crippen LogP contribution >= 0.6 is 12.4 Å². The fourth-order valence-electron chi connectivity index (χ4n) is 2.78. The average molecular weight is 313 g/mol. The van der Waals surface area contributed by atoms with Crippen molar-refractivity contribution < 1.29 is 9.90 Å². The Kier molecular flexibility index (Phi) is 7.72. The molecule has 2 rings (SSSR count). The summed E-state index contributed by atoms with van der Waals surface area (Å²) in [5, 5.41) is 12.2. The highest BCUT2D eigenvalue weighted by Crippen LogP contribution is 2.18. The van der Waals surface area contributed by atoms with Gasteiger partial charge in [0, 0.05) is 17.6 Å². The van der Waals surface area contributed by atoms with Crippen LogP contribution in [0.2, 0.25) is 0 Å². The number of aliphatic hydroxyl groups excluding tert-OH is 1. The molecular weight excluding hydrogens is 288 g/mol. The molecule has 0 aliphatic heterocycles. The lowest BCUT2D eigenvalue weighted by molar-refractivity contribution is 0.0926. The van der Waals surface area contributed by atoms with Crippen LogP contribution in [0.4, 0.5) is 0 Å². The molecular formula is C16H25ClN2O2. The normalized spacial score (nSPS) is 16.9. The molecule has 1 amide bonds. The number of nitrogens with one attached hydrogen (secondary N) is 1. The number of carbonyl (C=O) groups excluding carboxylic acids is 1. The quantitative estimate of drug-likeness (QED) is 0.778. The van der Waals surface area contributed by atoms with Crippen LogP contribution in [0.15, 0.2) is 24.3 Å². The molecule has 4 N–H and O–H groups in total. The van der Waals surface area contributed by atoms with Crippen LogP contribution in [0.3, 0.4) is 0 Å². The van der Waals surface area contributed by atoms with Gasteiger partial charge in [-0.15, -0.1) is 12.4 Å². The minimum atomic E-state index is -0.321. The number of aliphatic hydroxyl groups is 1. The van der Waals surface area contributed by atoms with Crippen molar-refractivity contribution in [2.75, 3.05) is 6.61 Å². The van der Waals surface area contributed by atoms with Gasteiger partial charge in [-0.25, -0.2) is 0 Å². The number of carbonyl (C=O) groups is 1. The number of hydrogen-bond acceptors (Lipinski definition) is 3. The van der Waals surface area contributed by atoms with Crippen molar-refractivity contribution in [1.82, 2.24) is 5.32 Å². The van der Waals surface area contributed by atoms with Gasteiger partial charge in [0.2, 0.25) is 0 Å². The van der Waals surface area contributed by atoms with Crippen molar-refractivity contribution in [1.29, 1.82) is 0 Å². The SMILES string of the molecule is Cl.N[C@@H](CO)Cc1ccccc1C(=O)NC1CCCCC1. The van der Waals surface area contributed by atoms with Crippen molar-refractivity contribution in [2.24, 2.45) is 5.73 Å². The summed E-state index contributed by atoms with van der Waals surface area (Å²) in [5.74, 6) is -0.0161. The first-order valence-corrected chi connectivity index (χ1v) is 7.46. The predicted octanol–water partition coefficient (Wildman–Crippen LogP) is 2.03. The molecule has 118 valence electrons. The lowest BCUT2D eigenvalue weighted by Crippen LogP contribution is -2.37. The molecule has 5 heteroatoms. The van der Waals surface area contributed by atoms with Gasteiger partial charge in [-0.2, -0.15) is 0 Å². The van der Waals surface area contributed by atoms with E-state index in [4.69, 9.17) is 10.8 Å². The van der Waals surface area contributed by atoms with Crippen LogP contribution in [-0.4, -0.2) is 29.7 Å². The standard InChI is InChI=1S/C16H24N2O2.ClH/c17-13(11-19)10-12-6-4-5-9-15(12)16(20)18-14-7-2-1-3-8-14;/h4-6,9,13-14,19H,1-3,7-8,10-11,17H2,(H,18,20);1H/t13-;/m1./s1. The zero-order chi connectivity index (χ0) is 14.4. The van der Waals surface area contributed by atoms with Gasteiger partial charge in [0.15, 0.2) is 0 Å². The number of amides is 1. The molecule has 1 aliphatic rings. The van der Waals surface area contributed by atoms with E-state index in [1.54, 1.807) is 0 Å². The van der Waals surface area contributed by atoms with E-state index >= 15 is 0 Å². The first kappa shape index (κ1) is 18.0. The maximum Gasteiger partial charge on any atom is 0.251 e. The van der Waals surface area contributed by atoms with Gasteiger partial charge in [0.1, 0.15) is 0 Å². The van der Waals surface area contributed by atoms with E-state index in [0.29, 0.717) is 18.0 Å². The van der Waals surface area contributed by atoms with Crippen LogP contribution in [0.1, 0.15) is 48.0 Å². The van der Waals surface area contributed by atoms with Crippen LogP contribution in [0.5, 0.6) is 0 Å². The molecule has 1 fully saturated rings. The minimum Gasteiger partial charge on any atom is -0.395 e. The van der Waals surface area contributed by atoms with E-state index in [0.717, 1.165) is 18.4 Å². The van der Waals surface area contributed by atoms with Crippen molar-refractivity contribution in [2.45, 2.75) is 50.6 Å². The smallest absolute Gasteiger partial charge is 0.251 e. The fourth-order valence-corrected chi connectivity index (χ4v) is 2.78. The Hall–Kier alpha value is -1.10. The summed E-state index contributed by atoms with van der Waals surface area (Å²) in [7, 11) is 0. The van der Waals surface area contributed by atoms with Gasteiger partial charge in [0.25, 0.3) is 5.91 Å². The molecule has 1 aliphatic carbocycles. The van der Waals surface area contributed by atoms with Crippen LogP contribution in [0.25, 0.3) is 0 Å². The second-order valence-corrected chi connectivity index (χ2v) is 5.61. The lowest BCUT2D eigenvalue weighted by atomic mass is 9.94. The molecule has 1 aromatic rings. The third-order valence-corrected chi connectivity index (χ3v) is 3.92. The largest absolute Gasteiger partial charge is 0.395 e. The molecule has 1 saturated carbocycles. The first-order chi connectivity index (χ1) is 9.70. The van der Waals surface area contributed by atoms with Crippen molar-refractivity contribution in [3.8, 4) is 0 Å². The monoisotopic (exact) mass is 312 g/mol. The second kappa shape index (κ2) is 9.03.